The van der Waals surface area contributed by atoms with Crippen molar-refractivity contribution in [2.45, 2.75) is 6.92 Å². The van der Waals surface area contributed by atoms with E-state index >= 15 is 0 Å². The third-order valence-electron chi connectivity index (χ3n) is 4.99. The van der Waals surface area contributed by atoms with Gasteiger partial charge in [-0.1, -0.05) is 54.1 Å². The average Bonchev–Trinajstić information content (AvgIpc) is 2.81. The number of nitrogens with zero attached hydrogens (tertiary/aromatic N) is 1. The van der Waals surface area contributed by atoms with E-state index in [4.69, 9.17) is 4.74 Å². The number of methoxy groups -OCH3 is 1. The second kappa shape index (κ2) is 11.1. The first-order chi connectivity index (χ1) is 15.5. The standard InChI is InChI=1S/C25H27N3O4/c1-18-10-12-20(13-11-18)27-23(29)16-26-24(30)17-28(14-15-32-2)25(31)22-9-5-7-19-6-3-4-8-21(19)22/h3-13H,14-17H2,1-2H3,(H,26,30)(H,27,29). The minimum atomic E-state index is -0.422. The summed E-state index contributed by atoms with van der Waals surface area (Å²) in [6, 6.07) is 20.5. The first kappa shape index (κ1) is 23.0. The third-order valence-corrected chi connectivity index (χ3v) is 4.99. The van der Waals surface area contributed by atoms with E-state index in [1.165, 1.54) is 12.0 Å². The van der Waals surface area contributed by atoms with Gasteiger partial charge in [0.05, 0.1) is 19.7 Å². The molecule has 0 saturated carbocycles. The number of hydrogen-bond acceptors (Lipinski definition) is 4. The van der Waals surface area contributed by atoms with Gasteiger partial charge in [0.25, 0.3) is 5.91 Å². The van der Waals surface area contributed by atoms with Crippen molar-refractivity contribution in [3.63, 3.8) is 0 Å². The predicted molar refractivity (Wildman–Crippen MR) is 125 cm³/mol. The summed E-state index contributed by atoms with van der Waals surface area (Å²) in [5.41, 5.74) is 2.26. The SMILES string of the molecule is COCCN(CC(=O)NCC(=O)Nc1ccc(C)cc1)C(=O)c1cccc2ccccc12. The molecule has 7 nitrogen and oxygen atoms in total. The summed E-state index contributed by atoms with van der Waals surface area (Å²) in [6.07, 6.45) is 0. The van der Waals surface area contributed by atoms with Gasteiger partial charge < -0.3 is 20.3 Å². The Morgan fingerprint density at radius 1 is 0.906 bits per heavy atom. The maximum absolute atomic E-state index is 13.2. The lowest BCUT2D eigenvalue weighted by molar-refractivity contribution is -0.124. The average molecular weight is 434 g/mol. The topological polar surface area (TPSA) is 87.7 Å². The van der Waals surface area contributed by atoms with E-state index in [0.717, 1.165) is 16.3 Å². The number of amides is 3. The zero-order chi connectivity index (χ0) is 22.9. The number of anilines is 1. The molecule has 0 fully saturated rings. The first-order valence-corrected chi connectivity index (χ1v) is 10.4. The fourth-order valence-corrected chi connectivity index (χ4v) is 3.29. The lowest BCUT2D eigenvalue weighted by Gasteiger charge is -2.22. The molecular formula is C25H27N3O4. The molecule has 0 unspecified atom stereocenters. The van der Waals surface area contributed by atoms with Crippen LogP contribution in [-0.4, -0.2) is 56.0 Å². The summed E-state index contributed by atoms with van der Waals surface area (Å²) in [6.45, 7) is 2.14. The van der Waals surface area contributed by atoms with E-state index in [0.29, 0.717) is 11.3 Å². The van der Waals surface area contributed by atoms with Crippen LogP contribution in [0, 0.1) is 6.92 Å². The summed E-state index contributed by atoms with van der Waals surface area (Å²) >= 11 is 0. The smallest absolute Gasteiger partial charge is 0.255 e. The number of rotatable bonds is 9. The Morgan fingerprint density at radius 2 is 1.62 bits per heavy atom. The van der Waals surface area contributed by atoms with E-state index in [1.54, 1.807) is 18.2 Å². The van der Waals surface area contributed by atoms with Crippen LogP contribution in [0.3, 0.4) is 0 Å². The Hall–Kier alpha value is -3.71. The van der Waals surface area contributed by atoms with Crippen LogP contribution in [0.2, 0.25) is 0 Å². The van der Waals surface area contributed by atoms with Crippen LogP contribution in [0.5, 0.6) is 0 Å². The van der Waals surface area contributed by atoms with E-state index in [1.807, 2.05) is 55.5 Å². The van der Waals surface area contributed by atoms with Crippen LogP contribution in [0.4, 0.5) is 5.69 Å². The predicted octanol–water partition coefficient (Wildman–Crippen LogP) is 2.99. The Balaban J connectivity index is 1.63. The van der Waals surface area contributed by atoms with Crippen LogP contribution in [0.15, 0.2) is 66.7 Å². The lowest BCUT2D eigenvalue weighted by Crippen LogP contribution is -2.44. The Labute approximate surface area is 187 Å². The molecule has 0 aliphatic heterocycles. The minimum absolute atomic E-state index is 0.177. The van der Waals surface area contributed by atoms with Crippen molar-refractivity contribution in [2.75, 3.05) is 38.7 Å². The van der Waals surface area contributed by atoms with Crippen molar-refractivity contribution in [3.8, 4) is 0 Å². The summed E-state index contributed by atoms with van der Waals surface area (Å²) in [7, 11) is 1.54. The highest BCUT2D eigenvalue weighted by molar-refractivity contribution is 6.08. The number of hydrogen-bond donors (Lipinski definition) is 2. The number of carbonyl (C=O) groups excluding carboxylic acids is 3. The molecule has 0 saturated heterocycles. The van der Waals surface area contributed by atoms with E-state index in [9.17, 15) is 14.4 Å². The number of nitrogens with one attached hydrogen (secondary N) is 2. The van der Waals surface area contributed by atoms with Gasteiger partial charge in [-0.3, -0.25) is 14.4 Å². The normalized spacial score (nSPS) is 10.6. The quantitative estimate of drug-likeness (QED) is 0.543. The van der Waals surface area contributed by atoms with Gasteiger partial charge in [0.2, 0.25) is 11.8 Å². The maximum atomic E-state index is 13.2. The highest BCUT2D eigenvalue weighted by Gasteiger charge is 2.20. The Kier molecular flexibility index (Phi) is 7.94. The number of ether oxygens (including phenoxy) is 1. The van der Waals surface area contributed by atoms with Gasteiger partial charge in [-0.15, -0.1) is 0 Å². The van der Waals surface area contributed by atoms with Crippen molar-refractivity contribution in [2.24, 2.45) is 0 Å². The van der Waals surface area contributed by atoms with Gasteiger partial charge in [0, 0.05) is 24.9 Å². The molecule has 3 aromatic rings. The minimum Gasteiger partial charge on any atom is -0.383 e. The molecule has 7 heteroatoms. The first-order valence-electron chi connectivity index (χ1n) is 10.4. The molecule has 0 heterocycles. The van der Waals surface area contributed by atoms with Gasteiger partial charge >= 0.3 is 0 Å². The van der Waals surface area contributed by atoms with E-state index < -0.39 is 5.91 Å². The van der Waals surface area contributed by atoms with Crippen molar-refractivity contribution in [3.05, 3.63) is 77.9 Å². The van der Waals surface area contributed by atoms with Gasteiger partial charge in [0.1, 0.15) is 0 Å². The molecule has 166 valence electrons. The summed E-state index contributed by atoms with van der Waals surface area (Å²) in [5.74, 6) is -1.03. The van der Waals surface area contributed by atoms with Crippen LogP contribution >= 0.6 is 0 Å². The van der Waals surface area contributed by atoms with Crippen LogP contribution in [0.25, 0.3) is 10.8 Å². The molecule has 3 amide bonds. The van der Waals surface area contributed by atoms with Gasteiger partial charge in [-0.25, -0.2) is 0 Å². The molecule has 3 rings (SSSR count). The fraction of sp³-hybridized carbons (Fsp3) is 0.240. The molecule has 0 radical (unpaired) electrons. The highest BCUT2D eigenvalue weighted by Crippen LogP contribution is 2.20. The number of aryl methyl sites for hydroxylation is 1. The second-order valence-corrected chi connectivity index (χ2v) is 7.44. The Morgan fingerprint density at radius 3 is 2.38 bits per heavy atom. The molecule has 0 aliphatic carbocycles. The van der Waals surface area contributed by atoms with E-state index in [2.05, 4.69) is 10.6 Å². The zero-order valence-corrected chi connectivity index (χ0v) is 18.3. The van der Waals surface area contributed by atoms with Crippen LogP contribution < -0.4 is 10.6 Å². The van der Waals surface area contributed by atoms with Gasteiger partial charge in [-0.05, 0) is 35.9 Å². The largest absolute Gasteiger partial charge is 0.383 e. The van der Waals surface area contributed by atoms with E-state index in [-0.39, 0.29) is 38.1 Å². The maximum Gasteiger partial charge on any atom is 0.255 e. The zero-order valence-electron chi connectivity index (χ0n) is 18.3. The van der Waals surface area contributed by atoms with Crippen molar-refractivity contribution in [1.82, 2.24) is 10.2 Å². The van der Waals surface area contributed by atoms with Crippen LogP contribution in [0.1, 0.15) is 15.9 Å². The summed E-state index contributed by atoms with van der Waals surface area (Å²) < 4.78 is 5.11. The molecule has 2 N–H and O–H groups in total. The van der Waals surface area contributed by atoms with Crippen molar-refractivity contribution >= 4 is 34.2 Å². The summed E-state index contributed by atoms with van der Waals surface area (Å²) in [4.78, 5) is 39.3. The Bertz CT molecular complexity index is 1090. The van der Waals surface area contributed by atoms with Crippen molar-refractivity contribution < 1.29 is 19.1 Å². The van der Waals surface area contributed by atoms with Crippen LogP contribution in [-0.2, 0) is 14.3 Å². The molecular weight excluding hydrogens is 406 g/mol. The number of fused-ring (bicyclic) bond motifs is 1. The molecule has 0 aliphatic rings. The molecule has 0 aromatic heterocycles. The molecule has 32 heavy (non-hydrogen) atoms. The second-order valence-electron chi connectivity index (χ2n) is 7.44. The lowest BCUT2D eigenvalue weighted by atomic mass is 10.0. The van der Waals surface area contributed by atoms with Crippen molar-refractivity contribution in [1.29, 1.82) is 0 Å². The fourth-order valence-electron chi connectivity index (χ4n) is 3.29. The third kappa shape index (κ3) is 6.15. The molecule has 0 atom stereocenters. The van der Waals surface area contributed by atoms with Gasteiger partial charge in [-0.2, -0.15) is 0 Å². The molecule has 0 bridgehead atoms. The number of benzene rings is 3. The summed E-state index contributed by atoms with van der Waals surface area (Å²) in [5, 5.41) is 7.07. The molecule has 3 aromatic carbocycles. The van der Waals surface area contributed by atoms with Gasteiger partial charge in [0.15, 0.2) is 0 Å². The monoisotopic (exact) mass is 433 g/mol. The highest BCUT2D eigenvalue weighted by atomic mass is 16.5. The number of carbonyl (C=O) groups is 3. The molecule has 0 spiro atoms.